The van der Waals surface area contributed by atoms with Crippen molar-refractivity contribution in [3.63, 3.8) is 0 Å². The van der Waals surface area contributed by atoms with Gasteiger partial charge >= 0.3 is 0 Å². The molecule has 1 atom stereocenters. The number of aromatic amines is 1. The van der Waals surface area contributed by atoms with Crippen molar-refractivity contribution in [2.24, 2.45) is 5.41 Å². The predicted octanol–water partition coefficient (Wildman–Crippen LogP) is 4.49. The van der Waals surface area contributed by atoms with Crippen LogP contribution < -0.4 is 0 Å². The van der Waals surface area contributed by atoms with Crippen LogP contribution in [-0.4, -0.2) is 20.4 Å². The molecule has 0 saturated heterocycles. The summed E-state index contributed by atoms with van der Waals surface area (Å²) < 4.78 is 1.99. The van der Waals surface area contributed by atoms with Crippen LogP contribution in [0.15, 0.2) is 30.6 Å². The standard InChI is InChI=1S/C20H23N3O.ClH/c1-4-14-15-7-5-6-8-17(15)23-18(14)9-10-20(3,19(23)24)11-16-13(2)21-12-22-16;/h5-8,12H,4,9-11H2,1-3H3,(H,21,22);1H. The molecule has 0 saturated carbocycles. The largest absolute Gasteiger partial charge is 0.348 e. The lowest BCUT2D eigenvalue weighted by atomic mass is 9.77. The van der Waals surface area contributed by atoms with Crippen LogP contribution in [0.5, 0.6) is 0 Å². The summed E-state index contributed by atoms with van der Waals surface area (Å²) >= 11 is 0. The third kappa shape index (κ3) is 2.60. The first kappa shape index (κ1) is 17.7. The van der Waals surface area contributed by atoms with Crippen molar-refractivity contribution in [2.45, 2.75) is 46.5 Å². The second kappa shape index (κ2) is 6.34. The zero-order chi connectivity index (χ0) is 16.9. The average Bonchev–Trinajstić information content (AvgIpc) is 3.12. The molecule has 1 N–H and O–H groups in total. The molecule has 3 heterocycles. The van der Waals surface area contributed by atoms with Gasteiger partial charge in [0.15, 0.2) is 0 Å². The number of benzene rings is 1. The highest BCUT2D eigenvalue weighted by molar-refractivity contribution is 5.99. The number of hydrogen-bond acceptors (Lipinski definition) is 2. The second-order valence-electron chi connectivity index (χ2n) is 7.15. The van der Waals surface area contributed by atoms with E-state index in [2.05, 4.69) is 42.0 Å². The molecule has 1 aliphatic heterocycles. The summed E-state index contributed by atoms with van der Waals surface area (Å²) in [4.78, 5) is 21.0. The van der Waals surface area contributed by atoms with Crippen LogP contribution >= 0.6 is 12.4 Å². The smallest absolute Gasteiger partial charge is 0.237 e. The maximum absolute atomic E-state index is 13.4. The summed E-state index contributed by atoms with van der Waals surface area (Å²) in [6, 6.07) is 8.29. The van der Waals surface area contributed by atoms with Gasteiger partial charge in [-0.1, -0.05) is 32.0 Å². The van der Waals surface area contributed by atoms with Gasteiger partial charge in [0.05, 0.1) is 23.0 Å². The van der Waals surface area contributed by atoms with E-state index in [4.69, 9.17) is 0 Å². The molecule has 2 aromatic heterocycles. The number of para-hydroxylation sites is 1. The van der Waals surface area contributed by atoms with Crippen LogP contribution in [-0.2, 0) is 19.3 Å². The fourth-order valence-corrected chi connectivity index (χ4v) is 4.12. The van der Waals surface area contributed by atoms with Gasteiger partial charge in [0, 0.05) is 23.2 Å². The summed E-state index contributed by atoms with van der Waals surface area (Å²) in [6.07, 6.45) is 5.19. The molecule has 1 unspecified atom stereocenters. The maximum atomic E-state index is 13.4. The van der Waals surface area contributed by atoms with Crippen molar-refractivity contribution in [3.8, 4) is 0 Å². The summed E-state index contributed by atoms with van der Waals surface area (Å²) in [6.45, 7) is 6.28. The van der Waals surface area contributed by atoms with Gasteiger partial charge in [0.1, 0.15) is 0 Å². The molecule has 0 bridgehead atoms. The van der Waals surface area contributed by atoms with Crippen molar-refractivity contribution in [1.29, 1.82) is 0 Å². The Balaban J connectivity index is 0.00000182. The van der Waals surface area contributed by atoms with Crippen molar-refractivity contribution < 1.29 is 4.79 Å². The van der Waals surface area contributed by atoms with Gasteiger partial charge in [-0.2, -0.15) is 0 Å². The molecule has 25 heavy (non-hydrogen) atoms. The van der Waals surface area contributed by atoms with Crippen LogP contribution in [0.2, 0.25) is 0 Å². The number of nitrogens with zero attached hydrogens (tertiary/aromatic N) is 2. The minimum absolute atomic E-state index is 0. The number of rotatable bonds is 3. The van der Waals surface area contributed by atoms with Gasteiger partial charge in [-0.3, -0.25) is 9.36 Å². The number of carbonyl (C=O) groups is 1. The van der Waals surface area contributed by atoms with Gasteiger partial charge in [-0.25, -0.2) is 4.98 Å². The Morgan fingerprint density at radius 1 is 1.32 bits per heavy atom. The lowest BCUT2D eigenvalue weighted by Gasteiger charge is -2.33. The van der Waals surface area contributed by atoms with Crippen LogP contribution in [0.3, 0.4) is 0 Å². The molecule has 4 rings (SSSR count). The normalized spacial score (nSPS) is 19.7. The molecule has 0 amide bonds. The highest BCUT2D eigenvalue weighted by Crippen LogP contribution is 2.40. The van der Waals surface area contributed by atoms with Crippen molar-refractivity contribution in [1.82, 2.24) is 14.5 Å². The van der Waals surface area contributed by atoms with Crippen molar-refractivity contribution in [3.05, 3.63) is 53.2 Å². The summed E-state index contributed by atoms with van der Waals surface area (Å²) in [5, 5.41) is 1.23. The number of nitrogens with one attached hydrogen (secondary N) is 1. The van der Waals surface area contributed by atoms with Gasteiger partial charge < -0.3 is 4.98 Å². The monoisotopic (exact) mass is 357 g/mol. The van der Waals surface area contributed by atoms with Crippen molar-refractivity contribution >= 4 is 29.2 Å². The molecule has 3 aromatic rings. The Morgan fingerprint density at radius 3 is 2.76 bits per heavy atom. The highest BCUT2D eigenvalue weighted by Gasteiger charge is 2.41. The van der Waals surface area contributed by atoms with E-state index in [1.54, 1.807) is 6.33 Å². The zero-order valence-corrected chi connectivity index (χ0v) is 15.7. The molecular weight excluding hydrogens is 334 g/mol. The Labute approximate surface area is 154 Å². The van der Waals surface area contributed by atoms with E-state index in [9.17, 15) is 4.79 Å². The number of aryl methyl sites for hydroxylation is 2. The van der Waals surface area contributed by atoms with Gasteiger partial charge in [0.25, 0.3) is 0 Å². The third-order valence-electron chi connectivity index (χ3n) is 5.57. The van der Waals surface area contributed by atoms with Crippen LogP contribution in [0.4, 0.5) is 0 Å². The van der Waals surface area contributed by atoms with E-state index in [0.717, 1.165) is 36.2 Å². The van der Waals surface area contributed by atoms with E-state index in [1.165, 1.54) is 16.6 Å². The first-order valence-corrected chi connectivity index (χ1v) is 8.70. The molecule has 0 radical (unpaired) electrons. The molecule has 132 valence electrons. The summed E-state index contributed by atoms with van der Waals surface area (Å²) in [7, 11) is 0. The molecule has 4 nitrogen and oxygen atoms in total. The Hall–Kier alpha value is -2.07. The SMILES string of the molecule is CCc1c2n(c3ccccc13)C(=O)C(C)(Cc1nc[nH]c1C)CC2.Cl. The number of carbonyl (C=O) groups excluding carboxylic acids is 1. The lowest BCUT2D eigenvalue weighted by molar-refractivity contribution is 0.0676. The zero-order valence-electron chi connectivity index (χ0n) is 14.9. The summed E-state index contributed by atoms with van der Waals surface area (Å²) in [5.74, 6) is 0.210. The number of hydrogen-bond donors (Lipinski definition) is 1. The number of halogens is 1. The van der Waals surface area contributed by atoms with Crippen LogP contribution in [0.25, 0.3) is 10.9 Å². The minimum Gasteiger partial charge on any atom is -0.348 e. The third-order valence-corrected chi connectivity index (χ3v) is 5.57. The summed E-state index contributed by atoms with van der Waals surface area (Å²) in [5.41, 5.74) is 5.25. The second-order valence-corrected chi connectivity index (χ2v) is 7.15. The molecule has 0 fully saturated rings. The predicted molar refractivity (Wildman–Crippen MR) is 103 cm³/mol. The molecule has 0 spiro atoms. The molecule has 1 aromatic carbocycles. The number of H-pyrrole nitrogens is 1. The lowest BCUT2D eigenvalue weighted by Crippen LogP contribution is -2.40. The number of imidazole rings is 1. The molecule has 1 aliphatic rings. The average molecular weight is 358 g/mol. The Morgan fingerprint density at radius 2 is 2.08 bits per heavy atom. The van der Waals surface area contributed by atoms with Crippen LogP contribution in [0, 0.1) is 12.3 Å². The van der Waals surface area contributed by atoms with E-state index in [-0.39, 0.29) is 18.3 Å². The first-order chi connectivity index (χ1) is 11.5. The van der Waals surface area contributed by atoms with Gasteiger partial charge in [-0.05, 0) is 37.8 Å². The molecule has 5 heteroatoms. The van der Waals surface area contributed by atoms with Gasteiger partial charge in [0.2, 0.25) is 5.91 Å². The molecular formula is C20H24ClN3O. The number of aromatic nitrogens is 3. The van der Waals surface area contributed by atoms with E-state index < -0.39 is 5.41 Å². The molecule has 0 aliphatic carbocycles. The van der Waals surface area contributed by atoms with E-state index >= 15 is 0 Å². The van der Waals surface area contributed by atoms with Crippen LogP contribution in [0.1, 0.15) is 47.7 Å². The highest BCUT2D eigenvalue weighted by atomic mass is 35.5. The fourth-order valence-electron chi connectivity index (χ4n) is 4.12. The Bertz CT molecular complexity index is 940. The van der Waals surface area contributed by atoms with E-state index in [0.29, 0.717) is 6.42 Å². The number of fused-ring (bicyclic) bond motifs is 3. The topological polar surface area (TPSA) is 50.7 Å². The minimum atomic E-state index is -0.403. The maximum Gasteiger partial charge on any atom is 0.237 e. The first-order valence-electron chi connectivity index (χ1n) is 8.70. The fraction of sp³-hybridized carbons (Fsp3) is 0.400. The van der Waals surface area contributed by atoms with Crippen molar-refractivity contribution in [2.75, 3.05) is 0 Å². The quantitative estimate of drug-likeness (QED) is 0.750. The Kier molecular flexibility index (Phi) is 4.50. The van der Waals surface area contributed by atoms with Gasteiger partial charge in [-0.15, -0.1) is 12.4 Å². The van der Waals surface area contributed by atoms with E-state index in [1.807, 2.05) is 17.6 Å².